The standard InChI is InChI=1S/C15H14ClF3N2O/c1-14(22,10-3-2-4-12(16)7-10)9-21-13-6-5-11(8-20-13)15(17,18)19/h2-8,22H,9H2,1H3,(H,20,21). The van der Waals surface area contributed by atoms with Crippen molar-refractivity contribution in [2.75, 3.05) is 11.9 Å². The number of nitrogens with one attached hydrogen (secondary N) is 1. The Kier molecular flexibility index (Phi) is 4.63. The van der Waals surface area contributed by atoms with Gasteiger partial charge in [-0.2, -0.15) is 13.2 Å². The highest BCUT2D eigenvalue weighted by atomic mass is 35.5. The average Bonchev–Trinajstić information content (AvgIpc) is 2.45. The molecule has 0 saturated heterocycles. The molecule has 118 valence electrons. The minimum atomic E-state index is -4.42. The van der Waals surface area contributed by atoms with Crippen LogP contribution in [0.2, 0.25) is 5.02 Å². The van der Waals surface area contributed by atoms with Gasteiger partial charge in [-0.05, 0) is 36.8 Å². The fourth-order valence-corrected chi connectivity index (χ4v) is 2.04. The molecule has 0 spiro atoms. The summed E-state index contributed by atoms with van der Waals surface area (Å²) in [4.78, 5) is 3.69. The molecule has 0 amide bonds. The van der Waals surface area contributed by atoms with Crippen molar-refractivity contribution in [3.63, 3.8) is 0 Å². The Labute approximate surface area is 130 Å². The molecule has 0 aliphatic carbocycles. The first-order chi connectivity index (χ1) is 10.2. The van der Waals surface area contributed by atoms with E-state index in [-0.39, 0.29) is 12.4 Å². The van der Waals surface area contributed by atoms with Gasteiger partial charge in [0.25, 0.3) is 0 Å². The van der Waals surface area contributed by atoms with Crippen LogP contribution in [0.1, 0.15) is 18.1 Å². The van der Waals surface area contributed by atoms with Crippen LogP contribution in [-0.2, 0) is 11.8 Å². The second kappa shape index (κ2) is 6.14. The summed E-state index contributed by atoms with van der Waals surface area (Å²) in [6.45, 7) is 1.65. The SMILES string of the molecule is CC(O)(CNc1ccc(C(F)(F)F)cn1)c1cccc(Cl)c1. The summed E-state index contributed by atoms with van der Waals surface area (Å²) in [6.07, 6.45) is -3.67. The first-order valence-corrected chi connectivity index (χ1v) is 6.82. The summed E-state index contributed by atoms with van der Waals surface area (Å²) in [5.74, 6) is 0.246. The number of halogens is 4. The van der Waals surface area contributed by atoms with Crippen LogP contribution in [0.3, 0.4) is 0 Å². The van der Waals surface area contributed by atoms with E-state index in [1.165, 1.54) is 6.07 Å². The van der Waals surface area contributed by atoms with E-state index in [2.05, 4.69) is 10.3 Å². The lowest BCUT2D eigenvalue weighted by atomic mass is 9.96. The van der Waals surface area contributed by atoms with Crippen LogP contribution in [0.4, 0.5) is 19.0 Å². The molecule has 0 aliphatic heterocycles. The molecule has 1 aromatic carbocycles. The van der Waals surface area contributed by atoms with E-state index in [0.717, 1.165) is 12.3 Å². The monoisotopic (exact) mass is 330 g/mol. The van der Waals surface area contributed by atoms with E-state index in [4.69, 9.17) is 11.6 Å². The highest BCUT2D eigenvalue weighted by molar-refractivity contribution is 6.30. The molecule has 1 atom stereocenters. The molecule has 0 radical (unpaired) electrons. The van der Waals surface area contributed by atoms with Crippen LogP contribution in [0.25, 0.3) is 0 Å². The molecular weight excluding hydrogens is 317 g/mol. The van der Waals surface area contributed by atoms with Crippen molar-refractivity contribution >= 4 is 17.4 Å². The van der Waals surface area contributed by atoms with Crippen LogP contribution >= 0.6 is 11.6 Å². The van der Waals surface area contributed by atoms with Crippen molar-refractivity contribution in [1.82, 2.24) is 4.98 Å². The molecule has 0 fully saturated rings. The quantitative estimate of drug-likeness (QED) is 0.888. The van der Waals surface area contributed by atoms with Gasteiger partial charge < -0.3 is 10.4 Å². The lowest BCUT2D eigenvalue weighted by molar-refractivity contribution is -0.137. The maximum atomic E-state index is 12.4. The second-order valence-corrected chi connectivity index (χ2v) is 5.50. The van der Waals surface area contributed by atoms with Crippen LogP contribution < -0.4 is 5.32 Å². The minimum absolute atomic E-state index is 0.0751. The number of aliphatic hydroxyl groups is 1. The van der Waals surface area contributed by atoms with Crippen LogP contribution in [-0.4, -0.2) is 16.6 Å². The second-order valence-electron chi connectivity index (χ2n) is 5.07. The Morgan fingerprint density at radius 2 is 1.91 bits per heavy atom. The lowest BCUT2D eigenvalue weighted by Gasteiger charge is -2.24. The van der Waals surface area contributed by atoms with Crippen molar-refractivity contribution in [2.24, 2.45) is 0 Å². The maximum Gasteiger partial charge on any atom is 0.417 e. The van der Waals surface area contributed by atoms with Gasteiger partial charge in [-0.3, -0.25) is 0 Å². The zero-order valence-electron chi connectivity index (χ0n) is 11.7. The molecule has 22 heavy (non-hydrogen) atoms. The molecule has 1 aromatic heterocycles. The number of rotatable bonds is 4. The number of alkyl halides is 3. The predicted molar refractivity (Wildman–Crippen MR) is 78.8 cm³/mol. The summed E-state index contributed by atoms with van der Waals surface area (Å²) in [6, 6.07) is 8.89. The summed E-state index contributed by atoms with van der Waals surface area (Å²) in [7, 11) is 0. The Morgan fingerprint density at radius 1 is 1.18 bits per heavy atom. The minimum Gasteiger partial charge on any atom is -0.384 e. The summed E-state index contributed by atoms with van der Waals surface area (Å²) in [5.41, 5.74) is -1.46. The topological polar surface area (TPSA) is 45.1 Å². The molecule has 2 aromatic rings. The van der Waals surface area contributed by atoms with Crippen molar-refractivity contribution in [2.45, 2.75) is 18.7 Å². The largest absolute Gasteiger partial charge is 0.417 e. The van der Waals surface area contributed by atoms with Crippen LogP contribution in [0.5, 0.6) is 0 Å². The Bertz CT molecular complexity index is 642. The fraction of sp³-hybridized carbons (Fsp3) is 0.267. The molecule has 3 nitrogen and oxygen atoms in total. The van der Waals surface area contributed by atoms with Gasteiger partial charge in [-0.1, -0.05) is 23.7 Å². The molecule has 2 N–H and O–H groups in total. The van der Waals surface area contributed by atoms with Gasteiger partial charge in [0.15, 0.2) is 0 Å². The number of anilines is 1. The zero-order chi connectivity index (χ0) is 16.4. The van der Waals surface area contributed by atoms with E-state index in [9.17, 15) is 18.3 Å². The van der Waals surface area contributed by atoms with Crippen molar-refractivity contribution in [1.29, 1.82) is 0 Å². The first kappa shape index (κ1) is 16.6. The molecule has 0 saturated carbocycles. The molecular formula is C15H14ClF3N2O. The van der Waals surface area contributed by atoms with Crippen molar-refractivity contribution in [3.8, 4) is 0 Å². The zero-order valence-corrected chi connectivity index (χ0v) is 12.4. The van der Waals surface area contributed by atoms with Gasteiger partial charge >= 0.3 is 6.18 Å². The molecule has 1 unspecified atom stereocenters. The Balaban J connectivity index is 2.06. The summed E-state index contributed by atoms with van der Waals surface area (Å²) in [5, 5.41) is 13.7. The van der Waals surface area contributed by atoms with E-state index in [1.807, 2.05) is 0 Å². The molecule has 0 bridgehead atoms. The predicted octanol–water partition coefficient (Wildman–Crippen LogP) is 4.07. The number of hydrogen-bond acceptors (Lipinski definition) is 3. The number of benzene rings is 1. The molecule has 1 heterocycles. The summed E-state index contributed by atoms with van der Waals surface area (Å²) < 4.78 is 37.3. The van der Waals surface area contributed by atoms with Gasteiger partial charge in [0.2, 0.25) is 0 Å². The number of hydrogen-bond donors (Lipinski definition) is 2. The number of pyridine rings is 1. The van der Waals surface area contributed by atoms with Crippen LogP contribution in [0.15, 0.2) is 42.6 Å². The van der Waals surface area contributed by atoms with Gasteiger partial charge in [0.05, 0.1) is 5.56 Å². The average molecular weight is 331 g/mol. The number of nitrogens with zero attached hydrogens (tertiary/aromatic N) is 1. The fourth-order valence-electron chi connectivity index (χ4n) is 1.85. The lowest BCUT2D eigenvalue weighted by Crippen LogP contribution is -2.31. The molecule has 2 rings (SSSR count). The van der Waals surface area contributed by atoms with Crippen molar-refractivity contribution < 1.29 is 18.3 Å². The molecule has 7 heteroatoms. The highest BCUT2D eigenvalue weighted by Gasteiger charge is 2.30. The van der Waals surface area contributed by atoms with Gasteiger partial charge in [-0.15, -0.1) is 0 Å². The first-order valence-electron chi connectivity index (χ1n) is 6.44. The third-order valence-corrected chi connectivity index (χ3v) is 3.39. The van der Waals surface area contributed by atoms with E-state index in [0.29, 0.717) is 10.6 Å². The van der Waals surface area contributed by atoms with Gasteiger partial charge in [-0.25, -0.2) is 4.98 Å². The van der Waals surface area contributed by atoms with Gasteiger partial charge in [0, 0.05) is 17.8 Å². The normalized spacial score (nSPS) is 14.5. The van der Waals surface area contributed by atoms with Gasteiger partial charge in [0.1, 0.15) is 11.4 Å². The van der Waals surface area contributed by atoms with E-state index < -0.39 is 17.3 Å². The number of aromatic nitrogens is 1. The molecule has 0 aliphatic rings. The smallest absolute Gasteiger partial charge is 0.384 e. The van der Waals surface area contributed by atoms with Crippen LogP contribution in [0, 0.1) is 0 Å². The third kappa shape index (κ3) is 4.11. The third-order valence-electron chi connectivity index (χ3n) is 3.15. The van der Waals surface area contributed by atoms with E-state index >= 15 is 0 Å². The maximum absolute atomic E-state index is 12.4. The Hall–Kier alpha value is -1.79. The Morgan fingerprint density at radius 3 is 2.45 bits per heavy atom. The van der Waals surface area contributed by atoms with E-state index in [1.54, 1.807) is 31.2 Å². The highest BCUT2D eigenvalue weighted by Crippen LogP contribution is 2.29. The summed E-state index contributed by atoms with van der Waals surface area (Å²) >= 11 is 5.88. The van der Waals surface area contributed by atoms with Crippen molar-refractivity contribution in [3.05, 3.63) is 58.7 Å².